The lowest BCUT2D eigenvalue weighted by atomic mass is 10.1. The monoisotopic (exact) mass is 434 g/mol. The highest BCUT2D eigenvalue weighted by Crippen LogP contribution is 2.27. The van der Waals surface area contributed by atoms with Gasteiger partial charge >= 0.3 is 0 Å². The first-order valence-electron chi connectivity index (χ1n) is 8.57. The molecule has 0 bridgehead atoms. The van der Waals surface area contributed by atoms with Crippen molar-refractivity contribution in [1.82, 2.24) is 10.2 Å². The molecule has 0 saturated carbocycles. The maximum Gasteiger partial charge on any atom is 0.229 e. The van der Waals surface area contributed by atoms with Crippen LogP contribution in [0.3, 0.4) is 0 Å². The van der Waals surface area contributed by atoms with Crippen molar-refractivity contribution in [1.29, 1.82) is 0 Å². The SMILES string of the molecule is CC(=O)N(c1cc(F)cc(F)c1)c1cc(NC(=O)Cc2c(F)cccc2Cl)cnn1. The molecular formula is C20H14ClF3N4O2. The predicted molar refractivity (Wildman–Crippen MR) is 105 cm³/mol. The van der Waals surface area contributed by atoms with Crippen molar-refractivity contribution in [3.8, 4) is 0 Å². The Kier molecular flexibility index (Phi) is 6.31. The standard InChI is InChI=1S/C20H14ClF3N4O2/c1-11(29)28(15-6-12(22)5-13(23)7-15)19-8-14(10-25-27-19)26-20(30)9-16-17(21)3-2-4-18(16)24/h2-8,10H,9H2,1H3,(H,26,27,30). The van der Waals surface area contributed by atoms with E-state index in [4.69, 9.17) is 11.6 Å². The summed E-state index contributed by atoms with van der Waals surface area (Å²) in [4.78, 5) is 25.3. The van der Waals surface area contributed by atoms with Crippen molar-refractivity contribution in [3.05, 3.63) is 76.7 Å². The van der Waals surface area contributed by atoms with Gasteiger partial charge in [0.2, 0.25) is 11.8 Å². The topological polar surface area (TPSA) is 75.2 Å². The molecule has 6 nitrogen and oxygen atoms in total. The van der Waals surface area contributed by atoms with E-state index in [2.05, 4.69) is 15.5 Å². The van der Waals surface area contributed by atoms with Gasteiger partial charge < -0.3 is 5.32 Å². The number of carbonyl (C=O) groups excluding carboxylic acids is 2. The number of nitrogens with zero attached hydrogens (tertiary/aromatic N) is 3. The summed E-state index contributed by atoms with van der Waals surface area (Å²) in [5, 5.41) is 10.1. The number of rotatable bonds is 5. The molecule has 0 saturated heterocycles. The van der Waals surface area contributed by atoms with Crippen molar-refractivity contribution in [3.63, 3.8) is 0 Å². The molecule has 0 aliphatic carbocycles. The van der Waals surface area contributed by atoms with E-state index in [1.54, 1.807) is 0 Å². The fraction of sp³-hybridized carbons (Fsp3) is 0.100. The molecule has 3 rings (SSSR count). The first-order chi connectivity index (χ1) is 14.2. The van der Waals surface area contributed by atoms with Gasteiger partial charge in [-0.15, -0.1) is 5.10 Å². The quantitative estimate of drug-likeness (QED) is 0.645. The number of anilines is 3. The Morgan fingerprint density at radius 3 is 2.43 bits per heavy atom. The number of carbonyl (C=O) groups is 2. The second-order valence-corrected chi connectivity index (χ2v) is 6.62. The Balaban J connectivity index is 1.85. The Morgan fingerprint density at radius 1 is 1.10 bits per heavy atom. The molecule has 1 aromatic heterocycles. The zero-order valence-corrected chi connectivity index (χ0v) is 16.3. The minimum atomic E-state index is -0.879. The molecule has 0 aliphatic rings. The molecule has 154 valence electrons. The fourth-order valence-corrected chi connectivity index (χ4v) is 2.97. The zero-order valence-electron chi connectivity index (χ0n) is 15.5. The van der Waals surface area contributed by atoms with Crippen LogP contribution in [-0.2, 0) is 16.0 Å². The molecule has 1 N–H and O–H groups in total. The molecule has 0 radical (unpaired) electrons. The number of nitrogens with one attached hydrogen (secondary N) is 1. The van der Waals surface area contributed by atoms with Gasteiger partial charge in [0.15, 0.2) is 5.82 Å². The normalized spacial score (nSPS) is 10.6. The maximum absolute atomic E-state index is 13.9. The van der Waals surface area contributed by atoms with E-state index in [9.17, 15) is 22.8 Å². The maximum atomic E-state index is 13.9. The fourth-order valence-electron chi connectivity index (χ4n) is 2.74. The highest BCUT2D eigenvalue weighted by atomic mass is 35.5. The van der Waals surface area contributed by atoms with Gasteiger partial charge in [-0.2, -0.15) is 5.10 Å². The smallest absolute Gasteiger partial charge is 0.229 e. The number of halogens is 4. The largest absolute Gasteiger partial charge is 0.324 e. The third-order valence-corrected chi connectivity index (χ3v) is 4.33. The summed E-state index contributed by atoms with van der Waals surface area (Å²) in [5.41, 5.74) is 0.0657. The number of hydrogen-bond acceptors (Lipinski definition) is 4. The summed E-state index contributed by atoms with van der Waals surface area (Å²) < 4.78 is 41.0. The van der Waals surface area contributed by atoms with Crippen molar-refractivity contribution in [2.45, 2.75) is 13.3 Å². The van der Waals surface area contributed by atoms with Gasteiger partial charge in [0.1, 0.15) is 17.5 Å². The Labute approximate surface area is 174 Å². The first kappa shape index (κ1) is 21.3. The summed E-state index contributed by atoms with van der Waals surface area (Å²) in [5.74, 6) is -3.63. The Hall–Kier alpha value is -3.46. The lowest BCUT2D eigenvalue weighted by molar-refractivity contribution is -0.116. The number of hydrogen-bond donors (Lipinski definition) is 1. The van der Waals surface area contributed by atoms with E-state index in [1.165, 1.54) is 37.4 Å². The number of benzene rings is 2. The van der Waals surface area contributed by atoms with E-state index in [-0.39, 0.29) is 34.2 Å². The van der Waals surface area contributed by atoms with Crippen LogP contribution in [0.2, 0.25) is 5.02 Å². The molecule has 2 aromatic carbocycles. The summed E-state index contributed by atoms with van der Waals surface area (Å²) in [6, 6.07) is 7.93. The third-order valence-electron chi connectivity index (χ3n) is 3.97. The van der Waals surface area contributed by atoms with Crippen LogP contribution in [0, 0.1) is 17.5 Å². The van der Waals surface area contributed by atoms with E-state index in [1.807, 2.05) is 0 Å². The van der Waals surface area contributed by atoms with Gasteiger partial charge in [0.25, 0.3) is 0 Å². The third kappa shape index (κ3) is 4.93. The van der Waals surface area contributed by atoms with Crippen molar-refractivity contribution < 1.29 is 22.8 Å². The molecular weight excluding hydrogens is 421 g/mol. The van der Waals surface area contributed by atoms with E-state index in [0.717, 1.165) is 17.0 Å². The summed E-state index contributed by atoms with van der Waals surface area (Å²) in [7, 11) is 0. The van der Waals surface area contributed by atoms with Crippen LogP contribution in [-0.4, -0.2) is 22.0 Å². The average molecular weight is 435 g/mol. The van der Waals surface area contributed by atoms with Gasteiger partial charge in [0, 0.05) is 29.6 Å². The van der Waals surface area contributed by atoms with Crippen LogP contribution in [0.15, 0.2) is 48.7 Å². The van der Waals surface area contributed by atoms with Gasteiger partial charge in [-0.1, -0.05) is 17.7 Å². The van der Waals surface area contributed by atoms with Crippen LogP contribution in [0.4, 0.5) is 30.4 Å². The Morgan fingerprint density at radius 2 is 1.80 bits per heavy atom. The molecule has 3 aromatic rings. The van der Waals surface area contributed by atoms with Crippen LogP contribution in [0.5, 0.6) is 0 Å². The molecule has 0 fully saturated rings. The molecule has 2 amide bonds. The zero-order chi connectivity index (χ0) is 21.8. The summed E-state index contributed by atoms with van der Waals surface area (Å²) in [6.45, 7) is 1.18. The highest BCUT2D eigenvalue weighted by Gasteiger charge is 2.19. The average Bonchev–Trinajstić information content (AvgIpc) is 2.64. The molecule has 10 heteroatoms. The molecule has 0 atom stereocenters. The van der Waals surface area contributed by atoms with Gasteiger partial charge in [-0.05, 0) is 24.3 Å². The lowest BCUT2D eigenvalue weighted by Crippen LogP contribution is -2.25. The predicted octanol–water partition coefficient (Wildman–Crippen LogP) is 4.41. The van der Waals surface area contributed by atoms with Crippen LogP contribution in [0.25, 0.3) is 0 Å². The minimum Gasteiger partial charge on any atom is -0.324 e. The second kappa shape index (κ2) is 8.91. The van der Waals surface area contributed by atoms with Crippen molar-refractivity contribution in [2.24, 2.45) is 0 Å². The molecule has 0 spiro atoms. The first-order valence-corrected chi connectivity index (χ1v) is 8.94. The van der Waals surface area contributed by atoms with E-state index in [0.29, 0.717) is 6.07 Å². The summed E-state index contributed by atoms with van der Waals surface area (Å²) in [6.07, 6.45) is 0.865. The van der Waals surface area contributed by atoms with Crippen molar-refractivity contribution in [2.75, 3.05) is 10.2 Å². The van der Waals surface area contributed by atoms with Crippen LogP contribution < -0.4 is 10.2 Å². The van der Waals surface area contributed by atoms with Gasteiger partial charge in [-0.25, -0.2) is 13.2 Å². The van der Waals surface area contributed by atoms with Crippen LogP contribution >= 0.6 is 11.6 Å². The van der Waals surface area contributed by atoms with E-state index >= 15 is 0 Å². The minimum absolute atomic E-state index is 0.0273. The van der Waals surface area contributed by atoms with Crippen LogP contribution in [0.1, 0.15) is 12.5 Å². The second-order valence-electron chi connectivity index (χ2n) is 6.21. The summed E-state index contributed by atoms with van der Waals surface area (Å²) >= 11 is 5.92. The highest BCUT2D eigenvalue weighted by molar-refractivity contribution is 6.31. The lowest BCUT2D eigenvalue weighted by Gasteiger charge is -2.20. The van der Waals surface area contributed by atoms with Crippen molar-refractivity contribution >= 4 is 40.6 Å². The van der Waals surface area contributed by atoms with E-state index < -0.39 is 29.3 Å². The number of amides is 2. The molecule has 0 aliphatic heterocycles. The molecule has 30 heavy (non-hydrogen) atoms. The molecule has 1 heterocycles. The van der Waals surface area contributed by atoms with Gasteiger partial charge in [0.05, 0.1) is 24.0 Å². The Bertz CT molecular complexity index is 1090. The van der Waals surface area contributed by atoms with Gasteiger partial charge in [-0.3, -0.25) is 14.5 Å². The molecule has 0 unspecified atom stereocenters. The number of aromatic nitrogens is 2.